The van der Waals surface area contributed by atoms with Crippen LogP contribution in [0.2, 0.25) is 0 Å². The lowest BCUT2D eigenvalue weighted by molar-refractivity contribution is -0.137. The molecular formula is C21H16F3N5O3. The van der Waals surface area contributed by atoms with Gasteiger partial charge in [-0.25, -0.2) is 4.98 Å². The molecule has 0 fully saturated rings. The van der Waals surface area contributed by atoms with Crippen molar-refractivity contribution in [3.05, 3.63) is 81.5 Å². The summed E-state index contributed by atoms with van der Waals surface area (Å²) in [6.45, 7) is 3.25. The number of aromatic amines is 1. The van der Waals surface area contributed by atoms with Crippen molar-refractivity contribution >= 4 is 11.7 Å². The zero-order valence-corrected chi connectivity index (χ0v) is 16.8. The molecule has 11 heteroatoms. The largest absolute Gasteiger partial charge is 0.463 e. The van der Waals surface area contributed by atoms with Gasteiger partial charge in [-0.1, -0.05) is 6.07 Å². The average molecular weight is 443 g/mol. The molecule has 0 saturated carbocycles. The van der Waals surface area contributed by atoms with Gasteiger partial charge in [0.2, 0.25) is 5.95 Å². The molecule has 0 saturated heterocycles. The number of aromatic nitrogens is 4. The van der Waals surface area contributed by atoms with Crippen LogP contribution in [0.4, 0.5) is 19.0 Å². The van der Waals surface area contributed by atoms with E-state index in [1.807, 2.05) is 0 Å². The second kappa shape index (κ2) is 7.84. The lowest BCUT2D eigenvalue weighted by Crippen LogP contribution is -2.21. The highest BCUT2D eigenvalue weighted by Crippen LogP contribution is 2.30. The summed E-state index contributed by atoms with van der Waals surface area (Å²) in [6, 6.07) is 8.77. The second-order valence-corrected chi connectivity index (χ2v) is 6.94. The monoisotopic (exact) mass is 443 g/mol. The van der Waals surface area contributed by atoms with Crippen molar-refractivity contribution < 1.29 is 22.4 Å². The number of carbonyl (C=O) groups is 1. The van der Waals surface area contributed by atoms with E-state index >= 15 is 0 Å². The summed E-state index contributed by atoms with van der Waals surface area (Å²) in [7, 11) is 0. The Morgan fingerprint density at radius 1 is 1.16 bits per heavy atom. The number of amides is 1. The van der Waals surface area contributed by atoms with Gasteiger partial charge < -0.3 is 9.73 Å². The number of alkyl halides is 3. The van der Waals surface area contributed by atoms with Crippen molar-refractivity contribution in [1.29, 1.82) is 0 Å². The molecule has 4 rings (SSSR count). The fourth-order valence-electron chi connectivity index (χ4n) is 2.93. The van der Waals surface area contributed by atoms with E-state index in [0.29, 0.717) is 22.7 Å². The van der Waals surface area contributed by atoms with Crippen molar-refractivity contribution in [2.24, 2.45) is 0 Å². The number of furan rings is 1. The summed E-state index contributed by atoms with van der Waals surface area (Å²) in [5, 5.41) is 6.86. The highest BCUT2D eigenvalue weighted by molar-refractivity contribution is 6.04. The van der Waals surface area contributed by atoms with Gasteiger partial charge in [0.1, 0.15) is 11.5 Å². The zero-order valence-electron chi connectivity index (χ0n) is 16.8. The Hall–Kier alpha value is -4.15. The van der Waals surface area contributed by atoms with Crippen molar-refractivity contribution in [3.8, 4) is 17.4 Å². The van der Waals surface area contributed by atoms with Crippen LogP contribution in [0.5, 0.6) is 0 Å². The normalized spacial score (nSPS) is 11.5. The predicted molar refractivity (Wildman–Crippen MR) is 109 cm³/mol. The number of H-pyrrole nitrogens is 1. The number of carbonyl (C=O) groups excluding carboxylic acids is 1. The third-order valence-corrected chi connectivity index (χ3v) is 4.76. The van der Waals surface area contributed by atoms with Gasteiger partial charge >= 0.3 is 6.18 Å². The maximum atomic E-state index is 13.0. The van der Waals surface area contributed by atoms with Crippen molar-refractivity contribution in [1.82, 2.24) is 19.7 Å². The third-order valence-electron chi connectivity index (χ3n) is 4.76. The first-order valence-corrected chi connectivity index (χ1v) is 9.34. The van der Waals surface area contributed by atoms with Gasteiger partial charge in [0.05, 0.1) is 11.8 Å². The summed E-state index contributed by atoms with van der Waals surface area (Å²) in [4.78, 5) is 31.8. The van der Waals surface area contributed by atoms with Crippen LogP contribution in [0, 0.1) is 13.8 Å². The van der Waals surface area contributed by atoms with Gasteiger partial charge in [-0.3, -0.25) is 14.6 Å². The maximum Gasteiger partial charge on any atom is 0.416 e. The number of anilines is 1. The first-order valence-electron chi connectivity index (χ1n) is 9.34. The first-order chi connectivity index (χ1) is 15.1. The van der Waals surface area contributed by atoms with E-state index in [4.69, 9.17) is 4.42 Å². The Labute approximate surface area is 178 Å². The Morgan fingerprint density at radius 2 is 1.94 bits per heavy atom. The Bertz CT molecular complexity index is 1350. The van der Waals surface area contributed by atoms with Gasteiger partial charge in [-0.2, -0.15) is 23.0 Å². The molecule has 0 bridgehead atoms. The van der Waals surface area contributed by atoms with Crippen LogP contribution < -0.4 is 10.9 Å². The molecule has 0 aliphatic rings. The molecular weight excluding hydrogens is 427 g/mol. The molecule has 3 aromatic heterocycles. The fraction of sp³-hybridized carbons (Fsp3) is 0.143. The van der Waals surface area contributed by atoms with E-state index in [-0.39, 0.29) is 17.3 Å². The van der Waals surface area contributed by atoms with Crippen molar-refractivity contribution in [3.63, 3.8) is 0 Å². The Morgan fingerprint density at radius 3 is 2.59 bits per heavy atom. The molecule has 0 spiro atoms. The first kappa shape index (κ1) is 21.1. The molecule has 3 heterocycles. The minimum absolute atomic E-state index is 0.0234. The molecule has 164 valence electrons. The van der Waals surface area contributed by atoms with Gasteiger partial charge in [0.25, 0.3) is 11.5 Å². The number of rotatable bonds is 4. The van der Waals surface area contributed by atoms with E-state index in [1.165, 1.54) is 23.1 Å². The zero-order chi connectivity index (χ0) is 23.0. The molecule has 0 aliphatic carbocycles. The van der Waals surface area contributed by atoms with Crippen molar-refractivity contribution in [2.75, 3.05) is 5.32 Å². The SMILES string of the molecule is Cc1nc(-n2nc(-c3ccco3)cc2NC(=O)c2cccc(C(F)(F)F)c2)[nH]c(=O)c1C. The average Bonchev–Trinajstić information content (AvgIpc) is 3.41. The number of benzene rings is 1. The minimum Gasteiger partial charge on any atom is -0.463 e. The number of aryl methyl sites for hydroxylation is 1. The Kier molecular flexibility index (Phi) is 5.17. The van der Waals surface area contributed by atoms with E-state index in [2.05, 4.69) is 20.4 Å². The smallest absolute Gasteiger partial charge is 0.416 e. The van der Waals surface area contributed by atoms with E-state index in [1.54, 1.807) is 26.0 Å². The number of halogens is 3. The molecule has 0 aliphatic heterocycles. The quantitative estimate of drug-likeness (QED) is 0.494. The third kappa shape index (κ3) is 4.04. The molecule has 0 unspecified atom stereocenters. The molecule has 0 atom stereocenters. The second-order valence-electron chi connectivity index (χ2n) is 6.94. The van der Waals surface area contributed by atoms with E-state index in [9.17, 15) is 22.8 Å². The molecule has 0 radical (unpaired) electrons. The van der Waals surface area contributed by atoms with Crippen LogP contribution in [-0.4, -0.2) is 25.7 Å². The number of nitrogens with one attached hydrogen (secondary N) is 2. The number of hydrogen-bond donors (Lipinski definition) is 2. The van der Waals surface area contributed by atoms with Gasteiger partial charge in [0.15, 0.2) is 5.76 Å². The summed E-state index contributed by atoms with van der Waals surface area (Å²) >= 11 is 0. The van der Waals surface area contributed by atoms with Crippen LogP contribution in [0.25, 0.3) is 17.4 Å². The minimum atomic E-state index is -4.59. The summed E-state index contributed by atoms with van der Waals surface area (Å²) in [5.74, 6) is -0.320. The molecule has 1 aromatic carbocycles. The predicted octanol–water partition coefficient (Wildman–Crippen LogP) is 4.10. The molecule has 1 amide bonds. The summed E-state index contributed by atoms with van der Waals surface area (Å²) in [6.07, 6.45) is -3.15. The molecule has 2 N–H and O–H groups in total. The number of hydrogen-bond acceptors (Lipinski definition) is 5. The van der Waals surface area contributed by atoms with Crippen LogP contribution in [0.1, 0.15) is 27.2 Å². The van der Waals surface area contributed by atoms with Gasteiger partial charge in [0, 0.05) is 22.9 Å². The molecule has 8 nitrogen and oxygen atoms in total. The molecule has 4 aromatic rings. The standard InChI is InChI=1S/C21H16F3N5O3/c1-11-12(2)25-20(27-18(11)30)29-17(10-15(28-29)16-7-4-8-32-16)26-19(31)13-5-3-6-14(9-13)21(22,23)24/h3-10H,1-2H3,(H,26,31)(H,25,27,30). The van der Waals surface area contributed by atoms with Crippen molar-refractivity contribution in [2.45, 2.75) is 20.0 Å². The van der Waals surface area contributed by atoms with E-state index in [0.717, 1.165) is 18.2 Å². The summed E-state index contributed by atoms with van der Waals surface area (Å²) < 4.78 is 45.5. The summed E-state index contributed by atoms with van der Waals surface area (Å²) in [5.41, 5.74) is -0.354. The maximum absolute atomic E-state index is 13.0. The van der Waals surface area contributed by atoms with E-state index < -0.39 is 23.2 Å². The molecule has 32 heavy (non-hydrogen) atoms. The topological polar surface area (TPSA) is 106 Å². The lowest BCUT2D eigenvalue weighted by atomic mass is 10.1. The highest BCUT2D eigenvalue weighted by atomic mass is 19.4. The highest BCUT2D eigenvalue weighted by Gasteiger charge is 2.31. The van der Waals surface area contributed by atoms with Crippen LogP contribution in [0.3, 0.4) is 0 Å². The van der Waals surface area contributed by atoms with Crippen LogP contribution in [-0.2, 0) is 6.18 Å². The van der Waals surface area contributed by atoms with Gasteiger partial charge in [-0.05, 0) is 44.2 Å². The van der Waals surface area contributed by atoms with Crippen LogP contribution in [0.15, 0.2) is 57.9 Å². The lowest BCUT2D eigenvalue weighted by Gasteiger charge is -2.11. The van der Waals surface area contributed by atoms with Gasteiger partial charge in [-0.15, -0.1) is 0 Å². The van der Waals surface area contributed by atoms with Crippen LogP contribution >= 0.6 is 0 Å². The number of nitrogens with zero attached hydrogens (tertiary/aromatic N) is 3. The Balaban J connectivity index is 1.77. The fourth-order valence-corrected chi connectivity index (χ4v) is 2.93.